The topological polar surface area (TPSA) is 29.5 Å². The lowest BCUT2D eigenvalue weighted by molar-refractivity contribution is 0.226. The molecule has 1 unspecified atom stereocenters. The number of benzene rings is 2. The van der Waals surface area contributed by atoms with Gasteiger partial charge in [-0.1, -0.05) is 34.1 Å². The van der Waals surface area contributed by atoms with Crippen LogP contribution in [-0.2, 0) is 0 Å². The molecule has 2 nitrogen and oxygen atoms in total. The fourth-order valence-corrected chi connectivity index (χ4v) is 2.83. The number of hydrogen-bond acceptors (Lipinski definition) is 3. The third-order valence-corrected chi connectivity index (χ3v) is 4.33. The summed E-state index contributed by atoms with van der Waals surface area (Å²) in [4.78, 5) is 1.13. The van der Waals surface area contributed by atoms with Crippen LogP contribution in [0.1, 0.15) is 0 Å². The number of thioether (sulfide) groups is 1. The molecule has 0 saturated carbocycles. The highest BCUT2D eigenvalue weighted by Gasteiger charge is 2.03. The van der Waals surface area contributed by atoms with Gasteiger partial charge < -0.3 is 9.84 Å². The molecule has 2 aromatic rings. The number of hydrogen-bond donors (Lipinski definition) is 1. The number of ether oxygens (including phenoxy) is 1. The van der Waals surface area contributed by atoms with Gasteiger partial charge in [-0.3, -0.25) is 0 Å². The first kappa shape index (κ1) is 14.4. The zero-order chi connectivity index (χ0) is 13.5. The van der Waals surface area contributed by atoms with Gasteiger partial charge in [0.1, 0.15) is 11.5 Å². The molecule has 1 atom stereocenters. The van der Waals surface area contributed by atoms with E-state index in [9.17, 15) is 5.11 Å². The van der Waals surface area contributed by atoms with Gasteiger partial charge in [-0.25, -0.2) is 0 Å². The number of rotatable bonds is 6. The van der Waals surface area contributed by atoms with E-state index in [2.05, 4.69) is 15.9 Å². The lowest BCUT2D eigenvalue weighted by Gasteiger charge is -2.08. The quantitative estimate of drug-likeness (QED) is 0.628. The Balaban J connectivity index is 1.91. The number of para-hydroxylation sites is 1. The fourth-order valence-electron chi connectivity index (χ4n) is 1.47. The molecule has 4 heteroatoms. The van der Waals surface area contributed by atoms with Gasteiger partial charge in [-0.15, -0.1) is 11.8 Å². The summed E-state index contributed by atoms with van der Waals surface area (Å²) in [6.45, 7) is 0. The van der Waals surface area contributed by atoms with Crippen molar-refractivity contribution in [2.75, 3.05) is 11.1 Å². The summed E-state index contributed by atoms with van der Waals surface area (Å²) in [5, 5.41) is 10.1. The summed E-state index contributed by atoms with van der Waals surface area (Å²) in [6.07, 6.45) is -0.315. The molecule has 0 radical (unpaired) electrons. The van der Waals surface area contributed by atoms with Crippen LogP contribution in [0.2, 0.25) is 0 Å². The maximum atomic E-state index is 9.48. The summed E-state index contributed by atoms with van der Waals surface area (Å²) in [5.41, 5.74) is 0. The molecule has 2 aromatic carbocycles. The third-order valence-electron chi connectivity index (χ3n) is 2.42. The van der Waals surface area contributed by atoms with Gasteiger partial charge in [0.15, 0.2) is 0 Å². The van der Waals surface area contributed by atoms with Gasteiger partial charge in [0.25, 0.3) is 0 Å². The molecule has 100 valence electrons. The molecule has 0 heterocycles. The van der Waals surface area contributed by atoms with Crippen molar-refractivity contribution in [1.82, 2.24) is 0 Å². The minimum absolute atomic E-state index is 0.315. The van der Waals surface area contributed by atoms with E-state index in [1.54, 1.807) is 11.8 Å². The van der Waals surface area contributed by atoms with Crippen molar-refractivity contribution >= 4 is 27.7 Å². The molecule has 1 N–H and O–H groups in total. The molecule has 19 heavy (non-hydrogen) atoms. The summed E-state index contributed by atoms with van der Waals surface area (Å²) < 4.78 is 5.71. The Labute approximate surface area is 125 Å². The van der Waals surface area contributed by atoms with Crippen LogP contribution in [0, 0.1) is 0 Å². The average Bonchev–Trinajstić information content (AvgIpc) is 2.47. The SMILES string of the molecule is OC(CBr)CSc1ccc(Oc2ccccc2)cc1. The largest absolute Gasteiger partial charge is 0.457 e. The van der Waals surface area contributed by atoms with E-state index in [0.29, 0.717) is 11.1 Å². The van der Waals surface area contributed by atoms with Crippen molar-refractivity contribution in [2.45, 2.75) is 11.0 Å². The van der Waals surface area contributed by atoms with Crippen LogP contribution in [-0.4, -0.2) is 22.3 Å². The highest BCUT2D eigenvalue weighted by atomic mass is 79.9. The first-order valence-corrected chi connectivity index (χ1v) is 8.08. The van der Waals surface area contributed by atoms with E-state index in [1.165, 1.54) is 0 Å². The second-order valence-electron chi connectivity index (χ2n) is 4.01. The van der Waals surface area contributed by atoms with Crippen molar-refractivity contribution in [3.8, 4) is 11.5 Å². The van der Waals surface area contributed by atoms with Gasteiger partial charge >= 0.3 is 0 Å². The van der Waals surface area contributed by atoms with Crippen LogP contribution in [0.4, 0.5) is 0 Å². The van der Waals surface area contributed by atoms with Crippen LogP contribution >= 0.6 is 27.7 Å². The number of aliphatic hydroxyl groups is 1. The van der Waals surface area contributed by atoms with Gasteiger partial charge in [0.2, 0.25) is 0 Å². The normalized spacial score (nSPS) is 12.1. The summed E-state index contributed by atoms with van der Waals surface area (Å²) in [7, 11) is 0. The molecule has 0 aliphatic heterocycles. The Morgan fingerprint density at radius 1 is 1.00 bits per heavy atom. The van der Waals surface area contributed by atoms with Crippen molar-refractivity contribution < 1.29 is 9.84 Å². The van der Waals surface area contributed by atoms with E-state index in [-0.39, 0.29) is 6.10 Å². The molecule has 0 amide bonds. The fraction of sp³-hybridized carbons (Fsp3) is 0.200. The van der Waals surface area contributed by atoms with Crippen molar-refractivity contribution in [3.05, 3.63) is 54.6 Å². The Morgan fingerprint density at radius 3 is 2.26 bits per heavy atom. The zero-order valence-corrected chi connectivity index (χ0v) is 12.7. The number of alkyl halides is 1. The van der Waals surface area contributed by atoms with Gasteiger partial charge in [0.05, 0.1) is 6.10 Å². The molecule has 0 spiro atoms. The molecule has 0 saturated heterocycles. The standard InChI is InChI=1S/C15H15BrO2S/c16-10-12(17)11-19-15-8-6-14(7-9-15)18-13-4-2-1-3-5-13/h1-9,12,17H,10-11H2. The van der Waals surface area contributed by atoms with E-state index >= 15 is 0 Å². The van der Waals surface area contributed by atoms with Crippen LogP contribution in [0.15, 0.2) is 59.5 Å². The summed E-state index contributed by atoms with van der Waals surface area (Å²) in [6, 6.07) is 17.6. The smallest absolute Gasteiger partial charge is 0.127 e. The molecule has 0 fully saturated rings. The maximum absolute atomic E-state index is 9.48. The maximum Gasteiger partial charge on any atom is 0.127 e. The second-order valence-corrected chi connectivity index (χ2v) is 5.75. The molecule has 0 aromatic heterocycles. The van der Waals surface area contributed by atoms with E-state index in [0.717, 1.165) is 16.4 Å². The first-order valence-electron chi connectivity index (χ1n) is 5.98. The Kier molecular flexibility index (Phi) is 5.76. The highest BCUT2D eigenvalue weighted by Crippen LogP contribution is 2.25. The molecule has 0 aliphatic carbocycles. The van der Waals surface area contributed by atoms with E-state index < -0.39 is 0 Å². The number of aliphatic hydroxyl groups excluding tert-OH is 1. The molecular formula is C15H15BrO2S. The first-order chi connectivity index (χ1) is 9.28. The number of halogens is 1. The lowest BCUT2D eigenvalue weighted by atomic mass is 10.3. The Morgan fingerprint density at radius 2 is 1.63 bits per heavy atom. The highest BCUT2D eigenvalue weighted by molar-refractivity contribution is 9.09. The zero-order valence-electron chi connectivity index (χ0n) is 10.3. The predicted molar refractivity (Wildman–Crippen MR) is 83.5 cm³/mol. The van der Waals surface area contributed by atoms with Crippen molar-refractivity contribution in [2.24, 2.45) is 0 Å². The average molecular weight is 339 g/mol. The van der Waals surface area contributed by atoms with Crippen LogP contribution in [0.25, 0.3) is 0 Å². The Bertz CT molecular complexity index is 487. The monoisotopic (exact) mass is 338 g/mol. The van der Waals surface area contributed by atoms with Crippen LogP contribution in [0.3, 0.4) is 0 Å². The van der Waals surface area contributed by atoms with E-state index in [1.807, 2.05) is 54.6 Å². The van der Waals surface area contributed by atoms with Gasteiger partial charge in [-0.2, -0.15) is 0 Å². The van der Waals surface area contributed by atoms with Gasteiger partial charge in [0, 0.05) is 16.0 Å². The minimum Gasteiger partial charge on any atom is -0.457 e. The minimum atomic E-state index is -0.315. The van der Waals surface area contributed by atoms with E-state index in [4.69, 9.17) is 4.74 Å². The third kappa shape index (κ3) is 4.90. The van der Waals surface area contributed by atoms with Crippen molar-refractivity contribution in [1.29, 1.82) is 0 Å². The molecule has 0 bridgehead atoms. The predicted octanol–water partition coefficient (Wildman–Crippen LogP) is 4.33. The van der Waals surface area contributed by atoms with Crippen LogP contribution < -0.4 is 4.74 Å². The Hall–Kier alpha value is -0.970. The van der Waals surface area contributed by atoms with Crippen molar-refractivity contribution in [3.63, 3.8) is 0 Å². The molecular weight excluding hydrogens is 324 g/mol. The molecule has 0 aliphatic rings. The van der Waals surface area contributed by atoms with Gasteiger partial charge in [-0.05, 0) is 36.4 Å². The molecule has 2 rings (SSSR count). The van der Waals surface area contributed by atoms with Crippen LogP contribution in [0.5, 0.6) is 11.5 Å². The second kappa shape index (κ2) is 7.58. The lowest BCUT2D eigenvalue weighted by Crippen LogP contribution is -2.10. The summed E-state index contributed by atoms with van der Waals surface area (Å²) in [5.74, 6) is 2.33. The summed E-state index contributed by atoms with van der Waals surface area (Å²) >= 11 is 4.89.